The Kier molecular flexibility index (Phi) is 9.02. The predicted octanol–water partition coefficient (Wildman–Crippen LogP) is 2.32. The van der Waals surface area contributed by atoms with Gasteiger partial charge in [-0.1, -0.05) is 11.8 Å². The number of rotatable bonds is 9. The van der Waals surface area contributed by atoms with E-state index in [2.05, 4.69) is 16.8 Å². The molecule has 7 nitrogen and oxygen atoms in total. The largest absolute Gasteiger partial charge is 0.494 e. The first-order valence-corrected chi connectivity index (χ1v) is 12.3. The molecule has 2 N–H and O–H groups in total. The summed E-state index contributed by atoms with van der Waals surface area (Å²) >= 11 is 0. The minimum Gasteiger partial charge on any atom is -0.494 e. The van der Waals surface area contributed by atoms with E-state index in [4.69, 9.17) is 13.8 Å². The second-order valence-corrected chi connectivity index (χ2v) is 9.32. The third-order valence-corrected chi connectivity index (χ3v) is 6.02. The van der Waals surface area contributed by atoms with Crippen LogP contribution in [0.4, 0.5) is 0 Å². The van der Waals surface area contributed by atoms with Crippen LogP contribution in [0, 0.1) is 11.8 Å². The highest BCUT2D eigenvalue weighted by Crippen LogP contribution is 2.29. The monoisotopic (exact) mass is 437 g/mol. The maximum absolute atomic E-state index is 10.7. The molecule has 156 valence electrons. The summed E-state index contributed by atoms with van der Waals surface area (Å²) in [7, 11) is -4.82. The third-order valence-electron chi connectivity index (χ3n) is 3.69. The highest BCUT2D eigenvalue weighted by atomic mass is 32.2. The standard InChI is InChI=1S/C20H24NO6PS/c1-3-27-28(2)20-14-17(13-18(15-22)21-20)6-5-16-7-9-19(10-8-16)26-11-4-12-29(23,24)25/h7-10,13-14,22H,3-4,11-12,15H2,1-2H3,(H,23,24,25). The van der Waals surface area contributed by atoms with Gasteiger partial charge in [-0.15, -0.1) is 0 Å². The Hall–Kier alpha value is -2.01. The van der Waals surface area contributed by atoms with Gasteiger partial charge in [0.25, 0.3) is 10.1 Å². The molecule has 0 amide bonds. The Balaban J connectivity index is 2.04. The van der Waals surface area contributed by atoms with Gasteiger partial charge in [0.2, 0.25) is 0 Å². The Morgan fingerprint density at radius 1 is 1.14 bits per heavy atom. The van der Waals surface area contributed by atoms with Crippen molar-refractivity contribution in [3.63, 3.8) is 0 Å². The van der Waals surface area contributed by atoms with E-state index in [1.54, 1.807) is 30.3 Å². The highest BCUT2D eigenvalue weighted by Gasteiger charge is 2.09. The van der Waals surface area contributed by atoms with Crippen molar-refractivity contribution in [2.75, 3.05) is 25.6 Å². The van der Waals surface area contributed by atoms with Gasteiger partial charge >= 0.3 is 0 Å². The van der Waals surface area contributed by atoms with Crippen molar-refractivity contribution in [1.82, 2.24) is 4.98 Å². The maximum atomic E-state index is 10.7. The summed E-state index contributed by atoms with van der Waals surface area (Å²) < 4.78 is 41.1. The fourth-order valence-electron chi connectivity index (χ4n) is 2.36. The smallest absolute Gasteiger partial charge is 0.264 e. The summed E-state index contributed by atoms with van der Waals surface area (Å²) in [6, 6.07) is 10.7. The number of pyridine rings is 1. The zero-order valence-electron chi connectivity index (χ0n) is 16.3. The molecule has 0 fully saturated rings. The van der Waals surface area contributed by atoms with Crippen molar-refractivity contribution in [1.29, 1.82) is 0 Å². The summed E-state index contributed by atoms with van der Waals surface area (Å²) in [5.41, 5.74) is 2.86. The molecule has 29 heavy (non-hydrogen) atoms. The zero-order chi connectivity index (χ0) is 21.3. The number of benzene rings is 1. The third kappa shape index (κ3) is 8.48. The van der Waals surface area contributed by atoms with Gasteiger partial charge in [0.05, 0.1) is 38.2 Å². The van der Waals surface area contributed by atoms with Crippen LogP contribution in [0.2, 0.25) is 0 Å². The second-order valence-electron chi connectivity index (χ2n) is 6.04. The molecule has 2 aromatic rings. The van der Waals surface area contributed by atoms with Crippen LogP contribution in [0.15, 0.2) is 36.4 Å². The van der Waals surface area contributed by atoms with Crippen molar-refractivity contribution in [2.24, 2.45) is 0 Å². The van der Waals surface area contributed by atoms with E-state index in [1.807, 2.05) is 19.7 Å². The van der Waals surface area contributed by atoms with Crippen LogP contribution >= 0.6 is 8.15 Å². The first-order valence-electron chi connectivity index (χ1n) is 8.99. The van der Waals surface area contributed by atoms with Crippen LogP contribution in [-0.2, 0) is 21.2 Å². The Labute approximate surface area is 172 Å². The fourth-order valence-corrected chi connectivity index (χ4v) is 3.95. The average molecular weight is 437 g/mol. The van der Waals surface area contributed by atoms with Crippen molar-refractivity contribution in [3.8, 4) is 17.6 Å². The van der Waals surface area contributed by atoms with Gasteiger partial charge in [-0.05, 0) is 56.4 Å². The summed E-state index contributed by atoms with van der Waals surface area (Å²) in [5.74, 6) is 6.40. The Morgan fingerprint density at radius 2 is 1.83 bits per heavy atom. The van der Waals surface area contributed by atoms with E-state index in [0.29, 0.717) is 18.1 Å². The summed E-state index contributed by atoms with van der Waals surface area (Å²) in [6.07, 6.45) is 0.208. The van der Waals surface area contributed by atoms with E-state index >= 15 is 0 Å². The second kappa shape index (κ2) is 11.2. The van der Waals surface area contributed by atoms with Crippen molar-refractivity contribution in [2.45, 2.75) is 20.0 Å². The zero-order valence-corrected chi connectivity index (χ0v) is 18.0. The van der Waals surface area contributed by atoms with Crippen LogP contribution < -0.4 is 10.2 Å². The lowest BCUT2D eigenvalue weighted by atomic mass is 10.2. The molecule has 1 aromatic carbocycles. The number of aromatic nitrogens is 1. The predicted molar refractivity (Wildman–Crippen MR) is 113 cm³/mol. The number of hydrogen-bond acceptors (Lipinski definition) is 6. The van der Waals surface area contributed by atoms with Crippen molar-refractivity contribution in [3.05, 3.63) is 53.2 Å². The van der Waals surface area contributed by atoms with Gasteiger partial charge in [-0.3, -0.25) is 4.55 Å². The lowest BCUT2D eigenvalue weighted by Gasteiger charge is -2.12. The Bertz CT molecular complexity index is 967. The van der Waals surface area contributed by atoms with Crippen molar-refractivity contribution < 1.29 is 27.3 Å². The molecule has 1 aromatic heterocycles. The van der Waals surface area contributed by atoms with Crippen LogP contribution in [-0.4, -0.2) is 48.7 Å². The quantitative estimate of drug-likeness (QED) is 0.268. The molecule has 0 saturated heterocycles. The number of nitrogens with zero attached hydrogens (tertiary/aromatic N) is 1. The lowest BCUT2D eigenvalue weighted by molar-refractivity contribution is 0.277. The lowest BCUT2D eigenvalue weighted by Crippen LogP contribution is -2.11. The minimum atomic E-state index is -3.96. The maximum Gasteiger partial charge on any atom is 0.264 e. The molecule has 1 unspecified atom stereocenters. The van der Waals surface area contributed by atoms with Gasteiger partial charge in [-0.2, -0.15) is 8.42 Å². The number of aliphatic hydroxyl groups is 1. The molecule has 0 radical (unpaired) electrons. The van der Waals surface area contributed by atoms with E-state index in [-0.39, 0.29) is 25.4 Å². The molecule has 0 aliphatic rings. The summed E-state index contributed by atoms with van der Waals surface area (Å²) in [4.78, 5) is 4.40. The average Bonchev–Trinajstić information content (AvgIpc) is 2.69. The van der Waals surface area contributed by atoms with E-state index in [0.717, 1.165) is 16.6 Å². The molecular formula is C20H24NO6PS. The highest BCUT2D eigenvalue weighted by molar-refractivity contribution is 7.85. The molecule has 1 atom stereocenters. The van der Waals surface area contributed by atoms with E-state index in [9.17, 15) is 13.5 Å². The molecule has 0 bridgehead atoms. The molecule has 1 heterocycles. The normalized spacial score (nSPS) is 12.1. The molecule has 2 rings (SSSR count). The number of aliphatic hydroxyl groups excluding tert-OH is 1. The van der Waals surface area contributed by atoms with Gasteiger partial charge in [0.15, 0.2) is 0 Å². The minimum absolute atomic E-state index is 0.165. The molecule has 0 aliphatic heterocycles. The van der Waals surface area contributed by atoms with Crippen LogP contribution in [0.5, 0.6) is 5.75 Å². The van der Waals surface area contributed by atoms with Gasteiger partial charge < -0.3 is 14.4 Å². The molecular weight excluding hydrogens is 413 g/mol. The van der Waals surface area contributed by atoms with Gasteiger partial charge in [0, 0.05) is 17.7 Å². The topological polar surface area (TPSA) is 106 Å². The fraction of sp³-hybridized carbons (Fsp3) is 0.350. The number of hydrogen-bond donors (Lipinski definition) is 2. The molecule has 0 saturated carbocycles. The van der Waals surface area contributed by atoms with Gasteiger partial charge in [0.1, 0.15) is 5.75 Å². The first kappa shape index (κ1) is 23.3. The summed E-state index contributed by atoms with van der Waals surface area (Å²) in [5, 5.41) is 9.44. The summed E-state index contributed by atoms with van der Waals surface area (Å²) in [6.45, 7) is 4.51. The molecule has 9 heteroatoms. The Morgan fingerprint density at radius 3 is 2.45 bits per heavy atom. The molecule has 0 spiro atoms. The van der Waals surface area contributed by atoms with E-state index in [1.165, 1.54) is 0 Å². The van der Waals surface area contributed by atoms with E-state index < -0.39 is 18.3 Å². The number of ether oxygens (including phenoxy) is 1. The van der Waals surface area contributed by atoms with Crippen LogP contribution in [0.3, 0.4) is 0 Å². The molecule has 0 aliphatic carbocycles. The first-order chi connectivity index (χ1) is 13.8. The van der Waals surface area contributed by atoms with Gasteiger partial charge in [-0.25, -0.2) is 4.98 Å². The van der Waals surface area contributed by atoms with Crippen LogP contribution in [0.25, 0.3) is 0 Å². The SMILES string of the molecule is CCOP(C)c1cc(C#Cc2ccc(OCCCS(=O)(=O)O)cc2)cc(CO)n1. The van der Waals surface area contributed by atoms with Crippen LogP contribution in [0.1, 0.15) is 30.2 Å². The van der Waals surface area contributed by atoms with Crippen molar-refractivity contribution >= 4 is 23.7 Å².